The Hall–Kier alpha value is -2.22. The van der Waals surface area contributed by atoms with Crippen LogP contribution in [-0.2, 0) is 19.1 Å². The monoisotopic (exact) mass is 363 g/mol. The molecule has 2 bridgehead atoms. The molecule has 1 aromatic rings. The number of imide groups is 1. The number of halogens is 1. The van der Waals surface area contributed by atoms with Crippen LogP contribution in [0.25, 0.3) is 0 Å². The Morgan fingerprint density at radius 2 is 2.16 bits per heavy atom. The number of aliphatic hydroxyl groups excluding tert-OH is 1. The van der Waals surface area contributed by atoms with Crippen molar-refractivity contribution < 1.29 is 29.0 Å². The van der Waals surface area contributed by atoms with Crippen LogP contribution in [0, 0.1) is 11.8 Å². The summed E-state index contributed by atoms with van der Waals surface area (Å²) in [7, 11) is 1.22. The van der Waals surface area contributed by atoms with Crippen molar-refractivity contribution in [1.29, 1.82) is 0 Å². The molecule has 0 aliphatic carbocycles. The highest BCUT2D eigenvalue weighted by atomic mass is 35.5. The fraction of sp³-hybridized carbons (Fsp3) is 0.353. The predicted octanol–water partition coefficient (Wildman–Crippen LogP) is 0.932. The Balaban J connectivity index is 1.75. The molecule has 0 spiro atoms. The van der Waals surface area contributed by atoms with Crippen molar-refractivity contribution in [2.24, 2.45) is 11.8 Å². The average Bonchev–Trinajstić information content (AvgIpc) is 3.26. The highest BCUT2D eigenvalue weighted by Crippen LogP contribution is 2.52. The van der Waals surface area contributed by atoms with Gasteiger partial charge >= 0.3 is 5.97 Å². The van der Waals surface area contributed by atoms with E-state index in [0.717, 1.165) is 4.90 Å². The summed E-state index contributed by atoms with van der Waals surface area (Å²) in [5.74, 6) is -3.01. The van der Waals surface area contributed by atoms with Gasteiger partial charge in [-0.25, -0.2) is 9.69 Å². The molecule has 2 amide bonds. The van der Waals surface area contributed by atoms with Gasteiger partial charge in [-0.15, -0.1) is 0 Å². The lowest BCUT2D eigenvalue weighted by molar-refractivity contribution is -0.128. The number of carbonyl (C=O) groups is 3. The van der Waals surface area contributed by atoms with Gasteiger partial charge in [0.25, 0.3) is 0 Å². The SMILES string of the molecule is COC(=O)c1cc(N2C(=O)[C@@H]3[C@@H](C2=O)[C@@]2(CO)C=C[C@H]3O2)ccc1Cl. The number of anilines is 1. The lowest BCUT2D eigenvalue weighted by Crippen LogP contribution is -2.43. The van der Waals surface area contributed by atoms with E-state index in [9.17, 15) is 19.5 Å². The molecule has 7 nitrogen and oxygen atoms in total. The minimum atomic E-state index is -1.16. The van der Waals surface area contributed by atoms with Crippen LogP contribution < -0.4 is 4.90 Å². The molecule has 0 saturated carbocycles. The number of rotatable bonds is 3. The zero-order valence-electron chi connectivity index (χ0n) is 13.1. The maximum absolute atomic E-state index is 12.9. The van der Waals surface area contributed by atoms with Crippen LogP contribution in [0.4, 0.5) is 5.69 Å². The average molecular weight is 364 g/mol. The molecule has 3 aliphatic heterocycles. The summed E-state index contributed by atoms with van der Waals surface area (Å²) in [4.78, 5) is 38.6. The van der Waals surface area contributed by atoms with Crippen LogP contribution >= 0.6 is 11.6 Å². The Morgan fingerprint density at radius 1 is 1.40 bits per heavy atom. The molecule has 1 N–H and O–H groups in total. The van der Waals surface area contributed by atoms with Gasteiger partial charge < -0.3 is 14.6 Å². The lowest BCUT2D eigenvalue weighted by Gasteiger charge is -2.26. The Kier molecular flexibility index (Phi) is 3.50. The van der Waals surface area contributed by atoms with Crippen LogP contribution in [-0.4, -0.2) is 48.3 Å². The van der Waals surface area contributed by atoms with Crippen molar-refractivity contribution in [3.63, 3.8) is 0 Å². The maximum Gasteiger partial charge on any atom is 0.339 e. The second kappa shape index (κ2) is 5.39. The summed E-state index contributed by atoms with van der Waals surface area (Å²) < 4.78 is 10.3. The summed E-state index contributed by atoms with van der Waals surface area (Å²) in [6, 6.07) is 4.28. The third-order valence-corrected chi connectivity index (χ3v) is 5.35. The number of fused-ring (bicyclic) bond motifs is 5. The van der Waals surface area contributed by atoms with Gasteiger partial charge in [-0.05, 0) is 18.2 Å². The topological polar surface area (TPSA) is 93.1 Å². The predicted molar refractivity (Wildman–Crippen MR) is 86.1 cm³/mol. The summed E-state index contributed by atoms with van der Waals surface area (Å²) in [6.07, 6.45) is 2.81. The fourth-order valence-corrected chi connectivity index (χ4v) is 4.05. The molecule has 1 aromatic carbocycles. The second-order valence-electron chi connectivity index (χ2n) is 6.23. The minimum Gasteiger partial charge on any atom is -0.465 e. The van der Waals surface area contributed by atoms with Gasteiger partial charge in [0.2, 0.25) is 11.8 Å². The molecule has 2 saturated heterocycles. The van der Waals surface area contributed by atoms with Crippen LogP contribution in [0.2, 0.25) is 5.02 Å². The van der Waals surface area contributed by atoms with Gasteiger partial charge in [-0.3, -0.25) is 9.59 Å². The lowest BCUT2D eigenvalue weighted by atomic mass is 9.77. The Bertz CT molecular complexity index is 836. The first-order chi connectivity index (χ1) is 11.9. The second-order valence-corrected chi connectivity index (χ2v) is 6.63. The highest BCUT2D eigenvalue weighted by Gasteiger charge is 2.67. The largest absolute Gasteiger partial charge is 0.465 e. The van der Waals surface area contributed by atoms with Gasteiger partial charge in [-0.2, -0.15) is 0 Å². The molecule has 0 unspecified atom stereocenters. The quantitative estimate of drug-likeness (QED) is 0.488. The standard InChI is InChI=1S/C17H14ClNO6/c1-24-16(23)9-6-8(2-3-10(9)18)19-14(21)12-11-4-5-17(7-20,25-11)13(12)15(19)22/h2-6,11-13,20H,7H2,1H3/t11-,12+,13+,17+/m1/s1. The molecule has 8 heteroatoms. The number of carbonyl (C=O) groups excluding carboxylic acids is 3. The molecule has 2 fully saturated rings. The minimum absolute atomic E-state index is 0.0635. The summed E-state index contributed by atoms with van der Waals surface area (Å²) in [6.45, 7) is -0.387. The first-order valence-electron chi connectivity index (χ1n) is 7.67. The zero-order chi connectivity index (χ0) is 17.9. The van der Waals surface area contributed by atoms with Crippen molar-refractivity contribution in [1.82, 2.24) is 0 Å². The molecule has 0 radical (unpaired) electrons. The fourth-order valence-electron chi connectivity index (χ4n) is 3.86. The smallest absolute Gasteiger partial charge is 0.339 e. The van der Waals surface area contributed by atoms with E-state index in [-0.39, 0.29) is 22.9 Å². The van der Waals surface area contributed by atoms with Crippen molar-refractivity contribution in [2.75, 3.05) is 18.6 Å². The van der Waals surface area contributed by atoms with E-state index >= 15 is 0 Å². The highest BCUT2D eigenvalue weighted by molar-refractivity contribution is 6.34. The van der Waals surface area contributed by atoms with E-state index in [1.807, 2.05) is 0 Å². The van der Waals surface area contributed by atoms with E-state index in [0.29, 0.717) is 0 Å². The van der Waals surface area contributed by atoms with Crippen LogP contribution in [0.15, 0.2) is 30.4 Å². The van der Waals surface area contributed by atoms with E-state index in [4.69, 9.17) is 16.3 Å². The zero-order valence-corrected chi connectivity index (χ0v) is 13.9. The first kappa shape index (κ1) is 16.3. The number of hydrogen-bond donors (Lipinski definition) is 1. The van der Waals surface area contributed by atoms with Crippen molar-refractivity contribution in [3.05, 3.63) is 40.9 Å². The number of esters is 1. The van der Waals surface area contributed by atoms with Gasteiger partial charge in [0, 0.05) is 0 Å². The summed E-state index contributed by atoms with van der Waals surface area (Å²) in [5.41, 5.74) is -0.857. The molecule has 0 aromatic heterocycles. The molecule has 25 heavy (non-hydrogen) atoms. The molecule has 4 rings (SSSR count). The van der Waals surface area contributed by atoms with E-state index in [1.54, 1.807) is 12.2 Å². The van der Waals surface area contributed by atoms with Gasteiger partial charge in [-0.1, -0.05) is 23.8 Å². The third-order valence-electron chi connectivity index (χ3n) is 5.02. The van der Waals surface area contributed by atoms with Crippen molar-refractivity contribution >= 4 is 35.1 Å². The number of ether oxygens (including phenoxy) is 2. The van der Waals surface area contributed by atoms with Gasteiger partial charge in [0.05, 0.1) is 47.9 Å². The number of amides is 2. The number of nitrogens with zero attached hydrogens (tertiary/aromatic N) is 1. The van der Waals surface area contributed by atoms with Gasteiger partial charge in [0.15, 0.2) is 0 Å². The van der Waals surface area contributed by atoms with E-state index in [1.165, 1.54) is 25.3 Å². The van der Waals surface area contributed by atoms with Crippen LogP contribution in [0.3, 0.4) is 0 Å². The van der Waals surface area contributed by atoms with Gasteiger partial charge in [0.1, 0.15) is 5.60 Å². The third kappa shape index (κ3) is 2.03. The molecule has 3 heterocycles. The Morgan fingerprint density at radius 3 is 2.84 bits per heavy atom. The molecule has 3 aliphatic rings. The van der Waals surface area contributed by atoms with Crippen molar-refractivity contribution in [3.8, 4) is 0 Å². The Labute approximate surface area is 147 Å². The molecule has 4 atom stereocenters. The molecule has 130 valence electrons. The summed E-state index contributed by atoms with van der Waals surface area (Å²) in [5, 5.41) is 9.86. The normalized spacial score (nSPS) is 32.4. The molecular formula is C17H14ClNO6. The molecular weight excluding hydrogens is 350 g/mol. The van der Waals surface area contributed by atoms with Crippen molar-refractivity contribution in [2.45, 2.75) is 11.7 Å². The number of methoxy groups -OCH3 is 1. The van der Waals surface area contributed by atoms with Crippen LogP contribution in [0.5, 0.6) is 0 Å². The first-order valence-corrected chi connectivity index (χ1v) is 8.05. The maximum atomic E-state index is 12.9. The van der Waals surface area contributed by atoms with Crippen LogP contribution in [0.1, 0.15) is 10.4 Å². The number of hydrogen-bond acceptors (Lipinski definition) is 6. The number of benzene rings is 1. The van der Waals surface area contributed by atoms with E-state index < -0.39 is 41.3 Å². The summed E-state index contributed by atoms with van der Waals surface area (Å²) >= 11 is 5.99. The number of aliphatic hydroxyl groups is 1. The van der Waals surface area contributed by atoms with E-state index in [2.05, 4.69) is 4.74 Å².